The molecule has 0 spiro atoms. The van der Waals surface area contributed by atoms with Gasteiger partial charge in [-0.3, -0.25) is 4.99 Å². The van der Waals surface area contributed by atoms with E-state index in [-0.39, 0.29) is 24.0 Å². The minimum Gasteiger partial charge on any atom is -0.493 e. The fourth-order valence-corrected chi connectivity index (χ4v) is 3.07. The molecule has 1 aliphatic rings. The van der Waals surface area contributed by atoms with Crippen LogP contribution in [0.15, 0.2) is 23.2 Å². The van der Waals surface area contributed by atoms with Crippen LogP contribution in [0.5, 0.6) is 11.5 Å². The number of anilines is 1. The molecule has 6 nitrogen and oxygen atoms in total. The van der Waals surface area contributed by atoms with Crippen LogP contribution in [0.1, 0.15) is 26.2 Å². The van der Waals surface area contributed by atoms with Gasteiger partial charge in [0.05, 0.1) is 14.2 Å². The first-order valence-electron chi connectivity index (χ1n) is 9.12. The third kappa shape index (κ3) is 7.19. The smallest absolute Gasteiger partial charge is 0.195 e. The number of aliphatic imine (C=N–C) groups is 1. The number of nitrogens with zero attached hydrogens (tertiary/aromatic N) is 2. The molecule has 0 radical (unpaired) electrons. The van der Waals surface area contributed by atoms with E-state index in [0.717, 1.165) is 42.8 Å². The van der Waals surface area contributed by atoms with Gasteiger partial charge in [-0.1, -0.05) is 0 Å². The second kappa shape index (κ2) is 12.2. The monoisotopic (exact) mass is 476 g/mol. The predicted octanol–water partition coefficient (Wildman–Crippen LogP) is 3.43. The lowest BCUT2D eigenvalue weighted by atomic mass is 9.94. The first-order valence-corrected chi connectivity index (χ1v) is 9.12. The summed E-state index contributed by atoms with van der Waals surface area (Å²) in [6.45, 7) is 6.16. The molecule has 0 aliphatic carbocycles. The zero-order valence-electron chi connectivity index (χ0n) is 16.4. The summed E-state index contributed by atoms with van der Waals surface area (Å²) in [5.41, 5.74) is 0.927. The third-order valence-electron chi connectivity index (χ3n) is 4.64. The van der Waals surface area contributed by atoms with Crippen molar-refractivity contribution in [3.63, 3.8) is 0 Å². The highest BCUT2D eigenvalue weighted by molar-refractivity contribution is 14.0. The zero-order valence-corrected chi connectivity index (χ0v) is 18.7. The zero-order chi connectivity index (χ0) is 18.1. The number of piperidine rings is 1. The molecule has 1 aliphatic heterocycles. The lowest BCUT2D eigenvalue weighted by Crippen LogP contribution is -2.32. The van der Waals surface area contributed by atoms with E-state index in [4.69, 9.17) is 14.5 Å². The maximum absolute atomic E-state index is 5.36. The van der Waals surface area contributed by atoms with Crippen molar-refractivity contribution in [1.82, 2.24) is 10.2 Å². The Bertz CT molecular complexity index is 560. The number of hydrogen-bond acceptors (Lipinski definition) is 4. The fourth-order valence-electron chi connectivity index (χ4n) is 3.07. The molecule has 0 saturated carbocycles. The van der Waals surface area contributed by atoms with Crippen molar-refractivity contribution >= 4 is 35.6 Å². The Balaban J connectivity index is 0.00000338. The minimum atomic E-state index is 0. The summed E-state index contributed by atoms with van der Waals surface area (Å²) in [6.07, 6.45) is 3.72. The van der Waals surface area contributed by atoms with Gasteiger partial charge in [0.2, 0.25) is 0 Å². The molecular weight excluding hydrogens is 443 g/mol. The van der Waals surface area contributed by atoms with Crippen LogP contribution in [0.25, 0.3) is 0 Å². The van der Waals surface area contributed by atoms with Gasteiger partial charge >= 0.3 is 0 Å². The van der Waals surface area contributed by atoms with Crippen LogP contribution in [0.4, 0.5) is 5.69 Å². The number of hydrogen-bond donors (Lipinski definition) is 2. The van der Waals surface area contributed by atoms with E-state index < -0.39 is 0 Å². The second-order valence-electron chi connectivity index (χ2n) is 6.49. The minimum absolute atomic E-state index is 0. The molecule has 0 aromatic heterocycles. The molecule has 0 atom stereocenters. The molecule has 0 bridgehead atoms. The number of halogens is 1. The van der Waals surface area contributed by atoms with Crippen LogP contribution < -0.4 is 20.1 Å². The highest BCUT2D eigenvalue weighted by atomic mass is 127. The maximum Gasteiger partial charge on any atom is 0.195 e. The molecule has 2 N–H and O–H groups in total. The van der Waals surface area contributed by atoms with E-state index in [9.17, 15) is 0 Å². The van der Waals surface area contributed by atoms with E-state index in [1.165, 1.54) is 25.9 Å². The Morgan fingerprint density at radius 3 is 2.50 bits per heavy atom. The second-order valence-corrected chi connectivity index (χ2v) is 6.49. The molecule has 7 heteroatoms. The van der Waals surface area contributed by atoms with E-state index in [1.54, 1.807) is 14.2 Å². The Morgan fingerprint density at radius 1 is 1.19 bits per heavy atom. The summed E-state index contributed by atoms with van der Waals surface area (Å²) in [4.78, 5) is 7.13. The Hall–Kier alpha value is -1.22. The van der Waals surface area contributed by atoms with Crippen LogP contribution in [0, 0.1) is 5.92 Å². The van der Waals surface area contributed by atoms with Crippen LogP contribution >= 0.6 is 24.0 Å². The third-order valence-corrected chi connectivity index (χ3v) is 4.64. The van der Waals surface area contributed by atoms with Gasteiger partial charge in [0.1, 0.15) is 0 Å². The standard InChI is InChI=1S/C19H32N4O2.HI/c1-5-20-19(21-11-8-15-9-12-23(2)13-10-15)22-16-6-7-17(24-3)18(14-16)25-4;/h6-7,14-15H,5,8-13H2,1-4H3,(H2,20,21,22);1H. The van der Waals surface area contributed by atoms with Crippen molar-refractivity contribution in [1.29, 1.82) is 0 Å². The molecule has 2 rings (SSSR count). The molecule has 1 heterocycles. The number of methoxy groups -OCH3 is 2. The molecule has 1 fully saturated rings. The van der Waals surface area contributed by atoms with Crippen molar-refractivity contribution < 1.29 is 9.47 Å². The Labute approximate surface area is 174 Å². The van der Waals surface area contributed by atoms with E-state index >= 15 is 0 Å². The van der Waals surface area contributed by atoms with Crippen molar-refractivity contribution in [3.8, 4) is 11.5 Å². The normalized spacial score (nSPS) is 15.9. The highest BCUT2D eigenvalue weighted by Crippen LogP contribution is 2.29. The largest absolute Gasteiger partial charge is 0.493 e. The summed E-state index contributed by atoms with van der Waals surface area (Å²) >= 11 is 0. The molecule has 0 amide bonds. The van der Waals surface area contributed by atoms with Gasteiger partial charge in [-0.2, -0.15) is 0 Å². The number of ether oxygens (including phenoxy) is 2. The quantitative estimate of drug-likeness (QED) is 0.359. The van der Waals surface area contributed by atoms with Crippen LogP contribution in [-0.2, 0) is 0 Å². The van der Waals surface area contributed by atoms with E-state index in [0.29, 0.717) is 5.75 Å². The molecule has 0 unspecified atom stereocenters. The van der Waals surface area contributed by atoms with Gasteiger partial charge in [-0.25, -0.2) is 0 Å². The molecule has 1 aromatic carbocycles. The first kappa shape index (κ1) is 22.8. The summed E-state index contributed by atoms with van der Waals surface area (Å²) < 4.78 is 10.6. The summed E-state index contributed by atoms with van der Waals surface area (Å²) in [6, 6.07) is 5.77. The lowest BCUT2D eigenvalue weighted by molar-refractivity contribution is 0.214. The molecule has 148 valence electrons. The average molecular weight is 476 g/mol. The SMILES string of the molecule is CCNC(=NCCC1CCN(C)CC1)Nc1ccc(OC)c(OC)c1.I. The van der Waals surface area contributed by atoms with Crippen LogP contribution in [0.3, 0.4) is 0 Å². The molecular formula is C19H33IN4O2. The first-order chi connectivity index (χ1) is 12.2. The molecule has 1 saturated heterocycles. The van der Waals surface area contributed by atoms with Gasteiger partial charge in [0.15, 0.2) is 17.5 Å². The number of guanidine groups is 1. The number of rotatable bonds is 7. The van der Waals surface area contributed by atoms with Gasteiger partial charge < -0.3 is 25.0 Å². The van der Waals surface area contributed by atoms with Gasteiger partial charge in [-0.05, 0) is 64.4 Å². The topological polar surface area (TPSA) is 58.1 Å². The average Bonchev–Trinajstić information content (AvgIpc) is 2.63. The van der Waals surface area contributed by atoms with Crippen LogP contribution in [0.2, 0.25) is 0 Å². The van der Waals surface area contributed by atoms with E-state index in [2.05, 4.69) is 29.5 Å². The van der Waals surface area contributed by atoms with Crippen molar-refractivity contribution in [3.05, 3.63) is 18.2 Å². The number of nitrogens with one attached hydrogen (secondary N) is 2. The lowest BCUT2D eigenvalue weighted by Gasteiger charge is -2.28. The van der Waals surface area contributed by atoms with Gasteiger partial charge in [0.25, 0.3) is 0 Å². The van der Waals surface area contributed by atoms with Crippen molar-refractivity contribution in [2.24, 2.45) is 10.9 Å². The Morgan fingerprint density at radius 2 is 1.88 bits per heavy atom. The Kier molecular flexibility index (Phi) is 10.7. The fraction of sp³-hybridized carbons (Fsp3) is 0.632. The summed E-state index contributed by atoms with van der Waals surface area (Å²) in [7, 11) is 5.48. The predicted molar refractivity (Wildman–Crippen MR) is 119 cm³/mol. The van der Waals surface area contributed by atoms with Crippen molar-refractivity contribution in [2.45, 2.75) is 26.2 Å². The van der Waals surface area contributed by atoms with Crippen LogP contribution in [-0.4, -0.2) is 58.3 Å². The van der Waals surface area contributed by atoms with Gasteiger partial charge in [0, 0.05) is 24.8 Å². The summed E-state index contributed by atoms with van der Waals surface area (Å²) in [5.74, 6) is 3.03. The number of benzene rings is 1. The maximum atomic E-state index is 5.36. The van der Waals surface area contributed by atoms with E-state index in [1.807, 2.05) is 18.2 Å². The summed E-state index contributed by atoms with van der Waals surface area (Å²) in [5, 5.41) is 6.65. The number of likely N-dealkylation sites (tertiary alicyclic amines) is 1. The van der Waals surface area contributed by atoms with Crippen molar-refractivity contribution in [2.75, 3.05) is 52.8 Å². The highest BCUT2D eigenvalue weighted by Gasteiger charge is 2.16. The molecule has 1 aromatic rings. The molecule has 26 heavy (non-hydrogen) atoms. The van der Waals surface area contributed by atoms with Gasteiger partial charge in [-0.15, -0.1) is 24.0 Å².